The van der Waals surface area contributed by atoms with E-state index in [1.165, 1.54) is 0 Å². The van der Waals surface area contributed by atoms with Gasteiger partial charge in [0.25, 0.3) is 11.8 Å². The summed E-state index contributed by atoms with van der Waals surface area (Å²) in [6.07, 6.45) is -0.447. The summed E-state index contributed by atoms with van der Waals surface area (Å²) < 4.78 is 5.96. The average Bonchev–Trinajstić information content (AvgIpc) is 2.86. The highest BCUT2D eigenvalue weighted by atomic mass is 16.5. The average molecular weight is 449 g/mol. The molecular formula is C25H28N4O4. The summed E-state index contributed by atoms with van der Waals surface area (Å²) in [6.45, 7) is 1.24. The fourth-order valence-corrected chi connectivity index (χ4v) is 3.91. The van der Waals surface area contributed by atoms with Crippen molar-refractivity contribution in [3.05, 3.63) is 71.4 Å². The number of hydrogen-bond donors (Lipinski definition) is 2. The second-order valence-corrected chi connectivity index (χ2v) is 8.14. The minimum Gasteiger partial charge on any atom is -0.395 e. The maximum atomic E-state index is 13.1. The number of pyridine rings is 1. The summed E-state index contributed by atoms with van der Waals surface area (Å²) in [5.41, 5.74) is 3.39. The number of morpholine rings is 1. The minimum atomic E-state index is -0.447. The van der Waals surface area contributed by atoms with Gasteiger partial charge in [-0.2, -0.15) is 0 Å². The molecule has 1 aliphatic rings. The monoisotopic (exact) mass is 448 g/mol. The lowest BCUT2D eigenvalue weighted by Crippen LogP contribution is -2.42. The van der Waals surface area contributed by atoms with E-state index >= 15 is 0 Å². The lowest BCUT2D eigenvalue weighted by molar-refractivity contribution is -0.0246. The lowest BCUT2D eigenvalue weighted by atomic mass is 10.0. The smallest absolute Gasteiger partial charge is 0.254 e. The van der Waals surface area contributed by atoms with E-state index < -0.39 is 6.10 Å². The van der Waals surface area contributed by atoms with Gasteiger partial charge in [-0.05, 0) is 36.4 Å². The van der Waals surface area contributed by atoms with Gasteiger partial charge in [0.05, 0.1) is 36.5 Å². The van der Waals surface area contributed by atoms with Crippen LogP contribution < -0.4 is 10.2 Å². The number of benzene rings is 2. The van der Waals surface area contributed by atoms with E-state index in [2.05, 4.69) is 5.32 Å². The molecule has 33 heavy (non-hydrogen) atoms. The summed E-state index contributed by atoms with van der Waals surface area (Å²) in [4.78, 5) is 34.3. The van der Waals surface area contributed by atoms with E-state index in [4.69, 9.17) is 14.8 Å². The molecule has 0 bridgehead atoms. The van der Waals surface area contributed by atoms with Crippen LogP contribution in [-0.4, -0.2) is 73.7 Å². The molecule has 1 unspecified atom stereocenters. The van der Waals surface area contributed by atoms with Crippen molar-refractivity contribution in [2.75, 3.05) is 51.8 Å². The molecule has 1 aromatic heterocycles. The first-order valence-corrected chi connectivity index (χ1v) is 10.9. The molecule has 8 heteroatoms. The van der Waals surface area contributed by atoms with Crippen LogP contribution in [-0.2, 0) is 4.74 Å². The number of aliphatic hydroxyl groups excluding tert-OH is 1. The molecule has 0 saturated carbocycles. The van der Waals surface area contributed by atoms with Crippen molar-refractivity contribution < 1.29 is 19.4 Å². The zero-order valence-corrected chi connectivity index (χ0v) is 18.8. The minimum absolute atomic E-state index is 0.0599. The van der Waals surface area contributed by atoms with Gasteiger partial charge in [-0.15, -0.1) is 0 Å². The predicted octanol–water partition coefficient (Wildman–Crippen LogP) is 2.24. The van der Waals surface area contributed by atoms with Crippen LogP contribution in [0.1, 0.15) is 32.5 Å². The van der Waals surface area contributed by atoms with Crippen molar-refractivity contribution >= 4 is 28.4 Å². The Morgan fingerprint density at radius 2 is 1.94 bits per heavy atom. The Morgan fingerprint density at radius 3 is 2.67 bits per heavy atom. The number of amides is 2. The van der Waals surface area contributed by atoms with E-state index in [1.54, 1.807) is 11.0 Å². The van der Waals surface area contributed by atoms with Gasteiger partial charge in [-0.25, -0.2) is 4.98 Å². The number of nitrogens with one attached hydrogen (secondary N) is 1. The van der Waals surface area contributed by atoms with Crippen LogP contribution in [0.5, 0.6) is 0 Å². The highest BCUT2D eigenvalue weighted by molar-refractivity contribution is 6.06. The SMILES string of the molecule is CN(C)c1ccc(C(=O)N2CCOC(c3cc(C(=O)NCCO)c4ccccc4n3)C2)cc1. The van der Waals surface area contributed by atoms with Crippen LogP contribution in [0.2, 0.25) is 0 Å². The normalized spacial score (nSPS) is 16.0. The van der Waals surface area contributed by atoms with E-state index in [1.807, 2.05) is 67.5 Å². The van der Waals surface area contributed by atoms with Gasteiger partial charge in [0.2, 0.25) is 0 Å². The molecular weight excluding hydrogens is 420 g/mol. The third-order valence-electron chi connectivity index (χ3n) is 5.69. The molecule has 1 atom stereocenters. The first-order chi connectivity index (χ1) is 16.0. The number of ether oxygens (including phenoxy) is 1. The molecule has 2 aromatic carbocycles. The van der Waals surface area contributed by atoms with E-state index in [0.717, 1.165) is 11.1 Å². The molecule has 0 spiro atoms. The molecule has 3 aromatic rings. The van der Waals surface area contributed by atoms with Crippen molar-refractivity contribution in [2.24, 2.45) is 0 Å². The van der Waals surface area contributed by atoms with E-state index in [-0.39, 0.29) is 25.0 Å². The summed E-state index contributed by atoms with van der Waals surface area (Å²) in [5.74, 6) is -0.344. The zero-order valence-electron chi connectivity index (χ0n) is 18.8. The topological polar surface area (TPSA) is 95.0 Å². The number of nitrogens with zero attached hydrogens (tertiary/aromatic N) is 3. The number of aromatic nitrogens is 1. The van der Waals surface area contributed by atoms with Gasteiger partial charge in [0.15, 0.2) is 0 Å². The Hall–Kier alpha value is -3.49. The lowest BCUT2D eigenvalue weighted by Gasteiger charge is -2.33. The van der Waals surface area contributed by atoms with Gasteiger partial charge in [0, 0.05) is 43.8 Å². The summed E-state index contributed by atoms with van der Waals surface area (Å²) >= 11 is 0. The largest absolute Gasteiger partial charge is 0.395 e. The fourth-order valence-electron chi connectivity index (χ4n) is 3.91. The number of hydrogen-bond acceptors (Lipinski definition) is 6. The van der Waals surface area contributed by atoms with Crippen molar-refractivity contribution in [1.82, 2.24) is 15.2 Å². The molecule has 2 N–H and O–H groups in total. The highest BCUT2D eigenvalue weighted by Crippen LogP contribution is 2.27. The van der Waals surface area contributed by atoms with Crippen LogP contribution in [0, 0.1) is 0 Å². The van der Waals surface area contributed by atoms with Crippen molar-refractivity contribution in [3.8, 4) is 0 Å². The zero-order chi connectivity index (χ0) is 23.4. The number of carbonyl (C=O) groups excluding carboxylic acids is 2. The number of carbonyl (C=O) groups is 2. The van der Waals surface area contributed by atoms with Gasteiger partial charge in [0.1, 0.15) is 6.10 Å². The molecule has 0 radical (unpaired) electrons. The van der Waals surface area contributed by atoms with Gasteiger partial charge in [-0.1, -0.05) is 18.2 Å². The van der Waals surface area contributed by atoms with Gasteiger partial charge in [-0.3, -0.25) is 9.59 Å². The van der Waals surface area contributed by atoms with Crippen LogP contribution in [0.3, 0.4) is 0 Å². The Kier molecular flexibility index (Phi) is 6.86. The summed E-state index contributed by atoms with van der Waals surface area (Å²) in [7, 11) is 3.91. The maximum absolute atomic E-state index is 13.1. The van der Waals surface area contributed by atoms with Crippen molar-refractivity contribution in [3.63, 3.8) is 0 Å². The highest BCUT2D eigenvalue weighted by Gasteiger charge is 2.28. The number of anilines is 1. The third kappa shape index (κ3) is 4.97. The quantitative estimate of drug-likeness (QED) is 0.601. The number of fused-ring (bicyclic) bond motifs is 1. The van der Waals surface area contributed by atoms with Crippen LogP contribution in [0.25, 0.3) is 10.9 Å². The Labute approximate surface area is 192 Å². The summed E-state index contributed by atoms with van der Waals surface area (Å²) in [6, 6.07) is 16.6. The fraction of sp³-hybridized carbons (Fsp3) is 0.320. The molecule has 1 aliphatic heterocycles. The Morgan fingerprint density at radius 1 is 1.18 bits per heavy atom. The maximum Gasteiger partial charge on any atom is 0.254 e. The standard InChI is InChI=1S/C25H28N4O4/c1-28(2)18-9-7-17(8-10-18)25(32)29-12-14-33-23(16-29)22-15-20(24(31)26-11-13-30)19-5-3-4-6-21(19)27-22/h3-10,15,23,30H,11-14,16H2,1-2H3,(H,26,31). The molecule has 0 aliphatic carbocycles. The first kappa shape index (κ1) is 22.7. The number of para-hydroxylation sites is 1. The summed E-state index contributed by atoms with van der Waals surface area (Å²) in [5, 5.41) is 12.5. The second-order valence-electron chi connectivity index (χ2n) is 8.14. The predicted molar refractivity (Wildman–Crippen MR) is 127 cm³/mol. The van der Waals surface area contributed by atoms with Gasteiger partial charge < -0.3 is 25.0 Å². The Bertz CT molecular complexity index is 1150. The molecule has 2 heterocycles. The second kappa shape index (κ2) is 9.97. The van der Waals surface area contributed by atoms with Crippen molar-refractivity contribution in [1.29, 1.82) is 0 Å². The molecule has 1 saturated heterocycles. The number of rotatable bonds is 6. The molecule has 2 amide bonds. The van der Waals surface area contributed by atoms with Crippen molar-refractivity contribution in [2.45, 2.75) is 6.10 Å². The molecule has 8 nitrogen and oxygen atoms in total. The first-order valence-electron chi connectivity index (χ1n) is 10.9. The van der Waals surface area contributed by atoms with E-state index in [9.17, 15) is 9.59 Å². The molecule has 172 valence electrons. The van der Waals surface area contributed by atoms with Crippen LogP contribution >= 0.6 is 0 Å². The number of aliphatic hydroxyl groups is 1. The molecule has 1 fully saturated rings. The molecule has 4 rings (SSSR count). The Balaban J connectivity index is 1.59. The van der Waals surface area contributed by atoms with Crippen LogP contribution in [0.4, 0.5) is 5.69 Å². The van der Waals surface area contributed by atoms with Gasteiger partial charge >= 0.3 is 0 Å². The van der Waals surface area contributed by atoms with E-state index in [0.29, 0.717) is 42.0 Å². The van der Waals surface area contributed by atoms with Crippen LogP contribution in [0.15, 0.2) is 54.6 Å². The third-order valence-corrected chi connectivity index (χ3v) is 5.69.